The van der Waals surface area contributed by atoms with E-state index in [0.717, 1.165) is 20.2 Å². The monoisotopic (exact) mass is 644 g/mol. The third kappa shape index (κ3) is 6.51. The van der Waals surface area contributed by atoms with Crippen LogP contribution < -0.4 is 14.8 Å². The van der Waals surface area contributed by atoms with Gasteiger partial charge < -0.3 is 19.5 Å². The summed E-state index contributed by atoms with van der Waals surface area (Å²) in [6.45, 7) is 3.60. The van der Waals surface area contributed by atoms with E-state index in [4.69, 9.17) is 25.8 Å². The van der Waals surface area contributed by atoms with E-state index in [-0.39, 0.29) is 27.8 Å². The first-order valence-corrected chi connectivity index (χ1v) is 13.0. The van der Waals surface area contributed by atoms with Crippen LogP contribution in [0.15, 0.2) is 35.2 Å². The number of halogens is 2. The quantitative estimate of drug-likeness (QED) is 0.225. The minimum atomic E-state index is -0.629. The molecule has 0 unspecified atom stereocenters. The summed E-state index contributed by atoms with van der Waals surface area (Å²) in [5.74, 6) is -0.745. The molecule has 9 nitrogen and oxygen atoms in total. The summed E-state index contributed by atoms with van der Waals surface area (Å²) >= 11 is 8.88. The maximum atomic E-state index is 12.9. The maximum absolute atomic E-state index is 12.9. The van der Waals surface area contributed by atoms with Gasteiger partial charge in [-0.15, -0.1) is 0 Å². The number of ether oxygens (including phenoxy) is 3. The normalized spacial score (nSPS) is 14.2. The number of rotatable bonds is 9. The molecule has 1 heterocycles. The third-order valence-electron chi connectivity index (χ3n) is 4.75. The second-order valence-electron chi connectivity index (χ2n) is 7.20. The van der Waals surface area contributed by atoms with Crippen LogP contribution in [-0.2, 0) is 14.3 Å². The highest BCUT2D eigenvalue weighted by Gasteiger charge is 2.36. The number of anilines is 1. The zero-order valence-electron chi connectivity index (χ0n) is 19.6. The fourth-order valence-electron chi connectivity index (χ4n) is 3.23. The van der Waals surface area contributed by atoms with Crippen molar-refractivity contribution in [3.63, 3.8) is 0 Å². The minimum Gasteiger partial charge on any atom is -0.492 e. The SMILES string of the molecule is CCOC(=O)c1cc(NC(=O)CN2C(=O)S/C(=C/c3cc(I)c(OC)c(OCC)c3)C2=O)ccc1Cl. The van der Waals surface area contributed by atoms with Gasteiger partial charge in [0.25, 0.3) is 11.1 Å². The Bertz CT molecular complexity index is 1250. The molecule has 1 aliphatic heterocycles. The Balaban J connectivity index is 1.74. The van der Waals surface area contributed by atoms with Crippen LogP contribution in [0.3, 0.4) is 0 Å². The molecule has 1 fully saturated rings. The molecule has 0 bridgehead atoms. The molecule has 190 valence electrons. The molecular weight excluding hydrogens is 623 g/mol. The van der Waals surface area contributed by atoms with E-state index >= 15 is 0 Å². The van der Waals surface area contributed by atoms with Gasteiger partial charge in [-0.1, -0.05) is 11.6 Å². The van der Waals surface area contributed by atoms with Crippen molar-refractivity contribution in [1.29, 1.82) is 0 Å². The molecule has 0 aromatic heterocycles. The van der Waals surface area contributed by atoms with Gasteiger partial charge in [0.2, 0.25) is 5.91 Å². The number of benzene rings is 2. The van der Waals surface area contributed by atoms with Crippen LogP contribution in [0.5, 0.6) is 11.5 Å². The topological polar surface area (TPSA) is 111 Å². The largest absolute Gasteiger partial charge is 0.492 e. The smallest absolute Gasteiger partial charge is 0.339 e. The molecule has 0 saturated carbocycles. The lowest BCUT2D eigenvalue weighted by Crippen LogP contribution is -2.36. The first-order chi connectivity index (χ1) is 17.2. The number of carbonyl (C=O) groups is 4. The maximum Gasteiger partial charge on any atom is 0.339 e. The molecule has 1 aliphatic rings. The van der Waals surface area contributed by atoms with Gasteiger partial charge >= 0.3 is 5.97 Å². The molecule has 2 aromatic carbocycles. The number of hydrogen-bond donors (Lipinski definition) is 1. The molecule has 0 radical (unpaired) electrons. The van der Waals surface area contributed by atoms with Crippen molar-refractivity contribution in [2.45, 2.75) is 13.8 Å². The number of nitrogens with one attached hydrogen (secondary N) is 1. The Kier molecular flexibility index (Phi) is 9.63. The summed E-state index contributed by atoms with van der Waals surface area (Å²) in [5.41, 5.74) is 1.00. The van der Waals surface area contributed by atoms with Crippen molar-refractivity contribution < 1.29 is 33.4 Å². The number of esters is 1. The highest BCUT2D eigenvalue weighted by atomic mass is 127. The van der Waals surface area contributed by atoms with Gasteiger partial charge in [-0.05, 0) is 90.2 Å². The van der Waals surface area contributed by atoms with E-state index in [2.05, 4.69) is 27.9 Å². The Hall–Kier alpha value is -2.77. The first kappa shape index (κ1) is 27.8. The van der Waals surface area contributed by atoms with Crippen LogP contribution in [0.2, 0.25) is 5.02 Å². The lowest BCUT2D eigenvalue weighted by molar-refractivity contribution is -0.127. The summed E-state index contributed by atoms with van der Waals surface area (Å²) < 4.78 is 16.7. The molecule has 3 rings (SSSR count). The van der Waals surface area contributed by atoms with E-state index in [1.165, 1.54) is 25.3 Å². The summed E-state index contributed by atoms with van der Waals surface area (Å²) in [6.07, 6.45) is 1.57. The average molecular weight is 645 g/mol. The Morgan fingerprint density at radius 2 is 1.92 bits per heavy atom. The molecule has 1 saturated heterocycles. The van der Waals surface area contributed by atoms with Crippen LogP contribution in [0.4, 0.5) is 10.5 Å². The van der Waals surface area contributed by atoms with Crippen molar-refractivity contribution in [1.82, 2.24) is 4.90 Å². The molecular formula is C24H22ClIN2O7S. The van der Waals surface area contributed by atoms with Crippen LogP contribution in [0, 0.1) is 3.57 Å². The van der Waals surface area contributed by atoms with Crippen molar-refractivity contribution in [3.05, 3.63) is 55.0 Å². The Morgan fingerprint density at radius 1 is 1.17 bits per heavy atom. The van der Waals surface area contributed by atoms with E-state index in [9.17, 15) is 19.2 Å². The van der Waals surface area contributed by atoms with Crippen molar-refractivity contribution >= 4 is 80.7 Å². The Morgan fingerprint density at radius 3 is 2.58 bits per heavy atom. The highest BCUT2D eigenvalue weighted by molar-refractivity contribution is 14.1. The zero-order valence-corrected chi connectivity index (χ0v) is 23.3. The lowest BCUT2D eigenvalue weighted by atomic mass is 10.2. The molecule has 12 heteroatoms. The molecule has 1 N–H and O–H groups in total. The fourth-order valence-corrected chi connectivity index (χ4v) is 5.11. The van der Waals surface area contributed by atoms with Gasteiger partial charge in [-0.3, -0.25) is 19.3 Å². The number of hydrogen-bond acceptors (Lipinski definition) is 8. The van der Waals surface area contributed by atoms with E-state index in [0.29, 0.717) is 23.7 Å². The van der Waals surface area contributed by atoms with Crippen molar-refractivity contribution in [3.8, 4) is 11.5 Å². The van der Waals surface area contributed by atoms with Gasteiger partial charge in [0.05, 0.1) is 39.4 Å². The number of methoxy groups -OCH3 is 1. The number of imide groups is 1. The van der Waals surface area contributed by atoms with Gasteiger partial charge in [-0.25, -0.2) is 4.79 Å². The van der Waals surface area contributed by atoms with Gasteiger partial charge in [0.15, 0.2) is 11.5 Å². The number of amides is 3. The predicted molar refractivity (Wildman–Crippen MR) is 146 cm³/mol. The van der Waals surface area contributed by atoms with Gasteiger partial charge in [0, 0.05) is 5.69 Å². The molecule has 0 atom stereocenters. The van der Waals surface area contributed by atoms with Gasteiger partial charge in [-0.2, -0.15) is 0 Å². The first-order valence-electron chi connectivity index (χ1n) is 10.7. The van der Waals surface area contributed by atoms with Crippen LogP contribution in [0.25, 0.3) is 6.08 Å². The Labute approximate surface area is 230 Å². The number of nitrogens with zero attached hydrogens (tertiary/aromatic N) is 1. The van der Waals surface area contributed by atoms with Crippen molar-refractivity contribution in [2.75, 3.05) is 32.2 Å². The van der Waals surface area contributed by atoms with Crippen LogP contribution in [0.1, 0.15) is 29.8 Å². The molecule has 36 heavy (non-hydrogen) atoms. The van der Waals surface area contributed by atoms with Crippen LogP contribution >= 0.6 is 46.0 Å². The lowest BCUT2D eigenvalue weighted by Gasteiger charge is -2.13. The number of thioether (sulfide) groups is 1. The standard InChI is InChI=1S/C24H22ClIN2O7S/c1-4-34-18-9-13(8-17(26)21(18)33-3)10-19-22(30)28(24(32)36-19)12-20(29)27-14-6-7-16(25)15(11-14)23(31)35-5-2/h6-11H,4-5,12H2,1-3H3,(H,27,29)/b19-10+. The molecule has 2 aromatic rings. The average Bonchev–Trinajstić information content (AvgIpc) is 3.07. The highest BCUT2D eigenvalue weighted by Crippen LogP contribution is 2.37. The summed E-state index contributed by atoms with van der Waals surface area (Å²) in [5, 5.41) is 2.17. The minimum absolute atomic E-state index is 0.0889. The van der Waals surface area contributed by atoms with E-state index < -0.39 is 29.6 Å². The fraction of sp³-hybridized carbons (Fsp3) is 0.250. The number of carbonyl (C=O) groups excluding carboxylic acids is 4. The van der Waals surface area contributed by atoms with Crippen molar-refractivity contribution in [2.24, 2.45) is 0 Å². The molecule has 3 amide bonds. The molecule has 0 spiro atoms. The summed E-state index contributed by atoms with van der Waals surface area (Å²) in [6, 6.07) is 7.82. The predicted octanol–water partition coefficient (Wildman–Crippen LogP) is 5.20. The molecule has 0 aliphatic carbocycles. The summed E-state index contributed by atoms with van der Waals surface area (Å²) in [4.78, 5) is 51.0. The third-order valence-corrected chi connectivity index (χ3v) is 6.79. The van der Waals surface area contributed by atoms with E-state index in [1.54, 1.807) is 25.1 Å². The summed E-state index contributed by atoms with van der Waals surface area (Å²) in [7, 11) is 1.54. The second-order valence-corrected chi connectivity index (χ2v) is 9.76. The van der Waals surface area contributed by atoms with E-state index in [1.807, 2.05) is 6.92 Å². The second kappa shape index (κ2) is 12.5. The zero-order chi connectivity index (χ0) is 26.4. The van der Waals surface area contributed by atoms with Crippen LogP contribution in [-0.4, -0.2) is 54.8 Å². The van der Waals surface area contributed by atoms with Gasteiger partial charge in [0.1, 0.15) is 6.54 Å².